The summed E-state index contributed by atoms with van der Waals surface area (Å²) in [7, 11) is -2.02. The second-order valence-electron chi connectivity index (χ2n) is 8.28. The number of nitrogens with zero attached hydrogens (tertiary/aromatic N) is 2. The number of rotatable bonds is 7. The van der Waals surface area contributed by atoms with Crippen LogP contribution in [0.1, 0.15) is 27.0 Å². The first-order valence-corrected chi connectivity index (χ1v) is 12.4. The summed E-state index contributed by atoms with van der Waals surface area (Å²) in [5, 5.41) is 0. The third kappa shape index (κ3) is 5.26. The number of hydrogen-bond donors (Lipinski definition) is 0. The van der Waals surface area contributed by atoms with Gasteiger partial charge in [-0.15, -0.1) is 0 Å². The molecule has 0 saturated carbocycles. The van der Waals surface area contributed by atoms with Crippen LogP contribution in [0.2, 0.25) is 0 Å². The number of sulfonamides is 1. The molecule has 0 unspecified atom stereocenters. The Hall–Kier alpha value is -3.16. The molecule has 3 aromatic rings. The Balaban J connectivity index is 1.42. The average molecular weight is 465 g/mol. The van der Waals surface area contributed by atoms with E-state index < -0.39 is 10.0 Å². The van der Waals surface area contributed by atoms with E-state index in [1.807, 2.05) is 55.5 Å². The fourth-order valence-electron chi connectivity index (χ4n) is 3.94. The molecule has 0 N–H and O–H groups in total. The highest BCUT2D eigenvalue weighted by atomic mass is 32.2. The quantitative estimate of drug-likeness (QED) is 0.532. The van der Waals surface area contributed by atoms with Gasteiger partial charge >= 0.3 is 0 Å². The molecule has 33 heavy (non-hydrogen) atoms. The molecule has 0 bridgehead atoms. The first-order chi connectivity index (χ1) is 15.8. The van der Waals surface area contributed by atoms with E-state index >= 15 is 0 Å². The van der Waals surface area contributed by atoms with Crippen LogP contribution in [-0.4, -0.2) is 50.3 Å². The van der Waals surface area contributed by atoms with Crippen molar-refractivity contribution in [1.29, 1.82) is 0 Å². The highest BCUT2D eigenvalue weighted by molar-refractivity contribution is 7.89. The molecule has 1 amide bonds. The Morgan fingerprint density at radius 3 is 2.55 bits per heavy atom. The van der Waals surface area contributed by atoms with Gasteiger partial charge in [0.1, 0.15) is 12.4 Å². The lowest BCUT2D eigenvalue weighted by Gasteiger charge is -2.28. The van der Waals surface area contributed by atoms with E-state index in [9.17, 15) is 13.2 Å². The molecular formula is C26H28N2O4S. The zero-order valence-corrected chi connectivity index (χ0v) is 19.7. The van der Waals surface area contributed by atoms with Gasteiger partial charge in [0.05, 0.1) is 11.4 Å². The van der Waals surface area contributed by atoms with Crippen LogP contribution in [0, 0.1) is 6.92 Å². The number of likely N-dealkylation sites (N-methyl/N-ethyl adjacent to an activating group) is 1. The van der Waals surface area contributed by atoms with Crippen LogP contribution in [0.25, 0.3) is 0 Å². The minimum atomic E-state index is -3.71. The molecule has 0 saturated heterocycles. The minimum absolute atomic E-state index is 0.136. The molecule has 0 aliphatic carbocycles. The highest BCUT2D eigenvalue weighted by Gasteiger charge is 2.29. The molecule has 1 aliphatic heterocycles. The molecule has 3 aromatic carbocycles. The van der Waals surface area contributed by atoms with Gasteiger partial charge < -0.3 is 9.64 Å². The summed E-state index contributed by atoms with van der Waals surface area (Å²) >= 11 is 0. The van der Waals surface area contributed by atoms with Crippen molar-refractivity contribution >= 4 is 15.9 Å². The van der Waals surface area contributed by atoms with Gasteiger partial charge in [-0.2, -0.15) is 4.31 Å². The number of carbonyl (C=O) groups is 1. The topological polar surface area (TPSA) is 66.9 Å². The molecule has 1 heterocycles. The first kappa shape index (κ1) is 23.0. The Labute approximate surface area is 195 Å². The smallest absolute Gasteiger partial charge is 0.253 e. The number of hydrogen-bond acceptors (Lipinski definition) is 4. The summed E-state index contributed by atoms with van der Waals surface area (Å²) in [5.74, 6) is 0.510. The Morgan fingerprint density at radius 1 is 1.00 bits per heavy atom. The van der Waals surface area contributed by atoms with E-state index in [1.54, 1.807) is 30.1 Å². The molecular weight excluding hydrogens is 436 g/mol. The largest absolute Gasteiger partial charge is 0.492 e. The van der Waals surface area contributed by atoms with E-state index in [0.29, 0.717) is 38.2 Å². The summed E-state index contributed by atoms with van der Waals surface area (Å²) in [6.45, 7) is 3.48. The summed E-state index contributed by atoms with van der Waals surface area (Å²) in [4.78, 5) is 14.6. The first-order valence-electron chi connectivity index (χ1n) is 11.0. The van der Waals surface area contributed by atoms with Crippen molar-refractivity contribution in [3.05, 3.63) is 95.1 Å². The number of amides is 1. The van der Waals surface area contributed by atoms with Crippen LogP contribution in [0.5, 0.6) is 5.75 Å². The fourth-order valence-corrected chi connectivity index (χ4v) is 5.41. The Bertz CT molecular complexity index is 1260. The number of benzene rings is 3. The monoisotopic (exact) mass is 464 g/mol. The maximum Gasteiger partial charge on any atom is 0.253 e. The molecule has 7 heteroatoms. The van der Waals surface area contributed by atoms with Crippen LogP contribution >= 0.6 is 0 Å². The van der Waals surface area contributed by atoms with Crippen molar-refractivity contribution in [2.24, 2.45) is 0 Å². The average Bonchev–Trinajstić information content (AvgIpc) is 2.83. The van der Waals surface area contributed by atoms with Gasteiger partial charge in [-0.25, -0.2) is 8.42 Å². The number of aryl methyl sites for hydroxylation is 1. The molecule has 0 radical (unpaired) electrons. The van der Waals surface area contributed by atoms with Crippen molar-refractivity contribution in [1.82, 2.24) is 9.21 Å². The minimum Gasteiger partial charge on any atom is -0.492 e. The van der Waals surface area contributed by atoms with Crippen LogP contribution in [-0.2, 0) is 23.0 Å². The lowest BCUT2D eigenvalue weighted by molar-refractivity contribution is 0.0773. The summed E-state index contributed by atoms with van der Waals surface area (Å²) in [6, 6.07) is 21.9. The second kappa shape index (κ2) is 9.77. The summed E-state index contributed by atoms with van der Waals surface area (Å²) < 4.78 is 33.8. The van der Waals surface area contributed by atoms with Crippen molar-refractivity contribution in [2.45, 2.75) is 24.8 Å². The normalized spacial score (nSPS) is 13.9. The molecule has 172 valence electrons. The van der Waals surface area contributed by atoms with Crippen molar-refractivity contribution in [3.63, 3.8) is 0 Å². The molecule has 1 aliphatic rings. The van der Waals surface area contributed by atoms with Crippen LogP contribution < -0.4 is 4.74 Å². The number of ether oxygens (including phenoxy) is 1. The maximum atomic E-state index is 13.3. The van der Waals surface area contributed by atoms with Crippen LogP contribution in [0.15, 0.2) is 77.7 Å². The predicted molar refractivity (Wildman–Crippen MR) is 128 cm³/mol. The standard InChI is InChI=1S/C26H28N2O4S/c1-20-7-5-11-24(17-20)32-16-15-27(2)26(29)22-10-6-12-25(18-22)33(30,31)28-14-13-21-8-3-4-9-23(21)19-28/h3-12,17-18H,13-16,19H2,1-2H3. The Kier molecular flexibility index (Phi) is 6.81. The van der Waals surface area contributed by atoms with E-state index in [0.717, 1.165) is 16.9 Å². The molecule has 0 fully saturated rings. The van der Waals surface area contributed by atoms with E-state index in [1.165, 1.54) is 15.9 Å². The molecule has 4 rings (SSSR count). The third-order valence-corrected chi connectivity index (χ3v) is 7.69. The summed E-state index contributed by atoms with van der Waals surface area (Å²) in [5.41, 5.74) is 3.65. The summed E-state index contributed by atoms with van der Waals surface area (Å²) in [6.07, 6.45) is 0.678. The molecule has 0 aromatic heterocycles. The molecule has 6 nitrogen and oxygen atoms in total. The fraction of sp³-hybridized carbons (Fsp3) is 0.269. The van der Waals surface area contributed by atoms with Gasteiger partial charge in [-0.1, -0.05) is 42.5 Å². The lowest BCUT2D eigenvalue weighted by Crippen LogP contribution is -2.36. The Morgan fingerprint density at radius 2 is 1.76 bits per heavy atom. The van der Waals surface area contributed by atoms with Gasteiger partial charge in [0.15, 0.2) is 0 Å². The van der Waals surface area contributed by atoms with E-state index in [4.69, 9.17) is 4.74 Å². The van der Waals surface area contributed by atoms with E-state index in [-0.39, 0.29) is 10.8 Å². The van der Waals surface area contributed by atoms with Crippen LogP contribution in [0.3, 0.4) is 0 Å². The highest BCUT2D eigenvalue weighted by Crippen LogP contribution is 2.25. The number of carbonyl (C=O) groups excluding carboxylic acids is 1. The van der Waals surface area contributed by atoms with Gasteiger partial charge in [0.2, 0.25) is 10.0 Å². The van der Waals surface area contributed by atoms with Crippen molar-refractivity contribution in [3.8, 4) is 5.75 Å². The molecule has 0 atom stereocenters. The predicted octanol–water partition coefficient (Wildman–Crippen LogP) is 3.89. The third-order valence-electron chi connectivity index (χ3n) is 5.85. The zero-order chi connectivity index (χ0) is 23.4. The van der Waals surface area contributed by atoms with Crippen molar-refractivity contribution < 1.29 is 17.9 Å². The maximum absolute atomic E-state index is 13.3. The molecule has 0 spiro atoms. The van der Waals surface area contributed by atoms with Gasteiger partial charge in [0.25, 0.3) is 5.91 Å². The van der Waals surface area contributed by atoms with E-state index in [2.05, 4.69) is 0 Å². The lowest BCUT2D eigenvalue weighted by atomic mass is 10.0. The van der Waals surface area contributed by atoms with Gasteiger partial charge in [0, 0.05) is 25.7 Å². The number of fused-ring (bicyclic) bond motifs is 1. The van der Waals surface area contributed by atoms with Crippen LogP contribution in [0.4, 0.5) is 0 Å². The zero-order valence-electron chi connectivity index (χ0n) is 18.9. The van der Waals surface area contributed by atoms with Gasteiger partial charge in [-0.3, -0.25) is 4.79 Å². The second-order valence-corrected chi connectivity index (χ2v) is 10.2. The SMILES string of the molecule is Cc1cccc(OCCN(C)C(=O)c2cccc(S(=O)(=O)N3CCc4ccccc4C3)c2)c1. The van der Waals surface area contributed by atoms with Crippen molar-refractivity contribution in [2.75, 3.05) is 26.7 Å². The van der Waals surface area contributed by atoms with Gasteiger partial charge in [-0.05, 0) is 60.4 Å².